The summed E-state index contributed by atoms with van der Waals surface area (Å²) in [6, 6.07) is 7.98. The van der Waals surface area contributed by atoms with Crippen LogP contribution in [0, 0.1) is 0 Å². The SMILES string of the molecule is C=CCN1C(N)=NCC1(C)c1ccccc1OC. The highest BCUT2D eigenvalue weighted by atomic mass is 16.5. The molecule has 1 aromatic carbocycles. The van der Waals surface area contributed by atoms with Crippen molar-refractivity contribution in [2.24, 2.45) is 10.7 Å². The molecule has 4 heteroatoms. The van der Waals surface area contributed by atoms with Crippen molar-refractivity contribution in [3.05, 3.63) is 42.5 Å². The summed E-state index contributed by atoms with van der Waals surface area (Å²) in [7, 11) is 1.68. The minimum atomic E-state index is -0.273. The molecule has 18 heavy (non-hydrogen) atoms. The van der Waals surface area contributed by atoms with Crippen LogP contribution in [0.1, 0.15) is 12.5 Å². The maximum absolute atomic E-state index is 5.96. The maximum Gasteiger partial charge on any atom is 0.192 e. The van der Waals surface area contributed by atoms with Crippen molar-refractivity contribution in [3.8, 4) is 5.75 Å². The Kier molecular flexibility index (Phi) is 3.28. The van der Waals surface area contributed by atoms with E-state index in [2.05, 4.69) is 29.5 Å². The van der Waals surface area contributed by atoms with E-state index in [0.717, 1.165) is 11.3 Å². The van der Waals surface area contributed by atoms with Crippen LogP contribution < -0.4 is 10.5 Å². The number of methoxy groups -OCH3 is 1. The Morgan fingerprint density at radius 3 is 2.94 bits per heavy atom. The van der Waals surface area contributed by atoms with Crippen LogP contribution in [-0.4, -0.2) is 31.1 Å². The maximum atomic E-state index is 5.96. The fraction of sp³-hybridized carbons (Fsp3) is 0.357. The van der Waals surface area contributed by atoms with Crippen LogP contribution in [0.15, 0.2) is 41.9 Å². The van der Waals surface area contributed by atoms with Crippen molar-refractivity contribution in [3.63, 3.8) is 0 Å². The van der Waals surface area contributed by atoms with Crippen LogP contribution in [0.4, 0.5) is 0 Å². The molecular formula is C14H19N3O. The molecule has 0 aromatic heterocycles. The molecule has 1 aliphatic heterocycles. The van der Waals surface area contributed by atoms with E-state index in [1.165, 1.54) is 0 Å². The second kappa shape index (κ2) is 4.72. The van der Waals surface area contributed by atoms with Gasteiger partial charge in [0.2, 0.25) is 0 Å². The van der Waals surface area contributed by atoms with Gasteiger partial charge in [0.1, 0.15) is 5.75 Å². The van der Waals surface area contributed by atoms with E-state index in [4.69, 9.17) is 10.5 Å². The van der Waals surface area contributed by atoms with Crippen molar-refractivity contribution in [1.29, 1.82) is 0 Å². The summed E-state index contributed by atoms with van der Waals surface area (Å²) in [6.07, 6.45) is 1.83. The van der Waals surface area contributed by atoms with Gasteiger partial charge in [-0.2, -0.15) is 0 Å². The zero-order valence-electron chi connectivity index (χ0n) is 10.9. The molecule has 0 bridgehead atoms. The molecule has 4 nitrogen and oxygen atoms in total. The van der Waals surface area contributed by atoms with Crippen LogP contribution in [0.25, 0.3) is 0 Å². The molecule has 0 amide bonds. The van der Waals surface area contributed by atoms with Crippen LogP contribution in [0.3, 0.4) is 0 Å². The third-order valence-electron chi connectivity index (χ3n) is 3.42. The van der Waals surface area contributed by atoms with Gasteiger partial charge in [-0.05, 0) is 13.0 Å². The molecule has 0 saturated heterocycles. The van der Waals surface area contributed by atoms with E-state index < -0.39 is 0 Å². The molecule has 0 saturated carbocycles. The Balaban J connectivity index is 2.45. The monoisotopic (exact) mass is 245 g/mol. The molecule has 96 valence electrons. The zero-order chi connectivity index (χ0) is 13.2. The van der Waals surface area contributed by atoms with E-state index in [1.807, 2.05) is 24.3 Å². The van der Waals surface area contributed by atoms with Crippen LogP contribution in [0.5, 0.6) is 5.75 Å². The van der Waals surface area contributed by atoms with Gasteiger partial charge < -0.3 is 15.4 Å². The molecule has 2 rings (SSSR count). The van der Waals surface area contributed by atoms with Gasteiger partial charge in [-0.15, -0.1) is 6.58 Å². The van der Waals surface area contributed by atoms with Gasteiger partial charge in [0.15, 0.2) is 5.96 Å². The number of hydrogen-bond donors (Lipinski definition) is 1. The Bertz CT molecular complexity index is 484. The lowest BCUT2D eigenvalue weighted by molar-refractivity contribution is 0.236. The number of nitrogens with zero attached hydrogens (tertiary/aromatic N) is 2. The molecule has 0 fully saturated rings. The summed E-state index contributed by atoms with van der Waals surface area (Å²) in [6.45, 7) is 7.20. The summed E-state index contributed by atoms with van der Waals surface area (Å²) in [5, 5.41) is 0. The summed E-state index contributed by atoms with van der Waals surface area (Å²) < 4.78 is 5.44. The van der Waals surface area contributed by atoms with Crippen molar-refractivity contribution >= 4 is 5.96 Å². The van der Waals surface area contributed by atoms with Gasteiger partial charge in [-0.25, -0.2) is 0 Å². The Hall–Kier alpha value is -1.97. The normalized spacial score (nSPS) is 22.8. The van der Waals surface area contributed by atoms with Crippen LogP contribution in [-0.2, 0) is 5.54 Å². The van der Waals surface area contributed by atoms with Gasteiger partial charge in [-0.3, -0.25) is 4.99 Å². The second-order valence-corrected chi connectivity index (χ2v) is 4.55. The number of rotatable bonds is 4. The fourth-order valence-corrected chi connectivity index (χ4v) is 2.40. The largest absolute Gasteiger partial charge is 0.496 e. The second-order valence-electron chi connectivity index (χ2n) is 4.55. The van der Waals surface area contributed by atoms with Crippen molar-refractivity contribution in [2.75, 3.05) is 20.2 Å². The molecule has 1 atom stereocenters. The average molecular weight is 245 g/mol. The predicted molar refractivity (Wildman–Crippen MR) is 73.7 cm³/mol. The molecular weight excluding hydrogens is 226 g/mol. The molecule has 0 spiro atoms. The van der Waals surface area contributed by atoms with E-state index >= 15 is 0 Å². The minimum Gasteiger partial charge on any atom is -0.496 e. The average Bonchev–Trinajstić information content (AvgIpc) is 2.68. The third kappa shape index (κ3) is 1.83. The van der Waals surface area contributed by atoms with E-state index in [1.54, 1.807) is 7.11 Å². The lowest BCUT2D eigenvalue weighted by Crippen LogP contribution is -2.47. The third-order valence-corrected chi connectivity index (χ3v) is 3.42. The number of hydrogen-bond acceptors (Lipinski definition) is 4. The van der Waals surface area contributed by atoms with Crippen LogP contribution >= 0.6 is 0 Å². The Labute approximate surface area is 108 Å². The highest BCUT2D eigenvalue weighted by Crippen LogP contribution is 2.37. The molecule has 0 radical (unpaired) electrons. The first-order valence-electron chi connectivity index (χ1n) is 5.95. The Morgan fingerprint density at radius 1 is 1.56 bits per heavy atom. The summed E-state index contributed by atoms with van der Waals surface area (Å²) in [4.78, 5) is 6.41. The minimum absolute atomic E-state index is 0.273. The van der Waals surface area contributed by atoms with Gasteiger partial charge in [0.05, 0.1) is 19.2 Å². The number of benzene rings is 1. The van der Waals surface area contributed by atoms with Gasteiger partial charge >= 0.3 is 0 Å². The lowest BCUT2D eigenvalue weighted by Gasteiger charge is -2.36. The quantitative estimate of drug-likeness (QED) is 0.822. The van der Waals surface area contributed by atoms with E-state index in [0.29, 0.717) is 19.0 Å². The van der Waals surface area contributed by atoms with E-state index in [9.17, 15) is 0 Å². The zero-order valence-corrected chi connectivity index (χ0v) is 10.9. The molecule has 1 heterocycles. The topological polar surface area (TPSA) is 50.8 Å². The molecule has 2 N–H and O–H groups in total. The number of aliphatic imine (C=N–C) groups is 1. The molecule has 1 aromatic rings. The summed E-state index contributed by atoms with van der Waals surface area (Å²) in [5.74, 6) is 1.42. The van der Waals surface area contributed by atoms with Crippen molar-refractivity contribution in [2.45, 2.75) is 12.5 Å². The number of para-hydroxylation sites is 1. The molecule has 0 aliphatic carbocycles. The van der Waals surface area contributed by atoms with E-state index in [-0.39, 0.29) is 5.54 Å². The fourth-order valence-electron chi connectivity index (χ4n) is 2.40. The van der Waals surface area contributed by atoms with Gasteiger partial charge in [0, 0.05) is 12.1 Å². The number of nitrogens with two attached hydrogens (primary N) is 1. The van der Waals surface area contributed by atoms with Crippen LogP contribution in [0.2, 0.25) is 0 Å². The highest BCUT2D eigenvalue weighted by molar-refractivity contribution is 5.81. The van der Waals surface area contributed by atoms with Crippen molar-refractivity contribution in [1.82, 2.24) is 4.90 Å². The van der Waals surface area contributed by atoms with Gasteiger partial charge in [-0.1, -0.05) is 24.3 Å². The van der Waals surface area contributed by atoms with Gasteiger partial charge in [0.25, 0.3) is 0 Å². The first-order chi connectivity index (χ1) is 8.63. The first-order valence-corrected chi connectivity index (χ1v) is 5.95. The van der Waals surface area contributed by atoms with Crippen molar-refractivity contribution < 1.29 is 4.74 Å². The smallest absolute Gasteiger partial charge is 0.192 e. The first kappa shape index (κ1) is 12.5. The Morgan fingerprint density at radius 2 is 2.28 bits per heavy atom. The number of ether oxygens (including phenoxy) is 1. The number of guanidine groups is 1. The molecule has 1 unspecified atom stereocenters. The standard InChI is InChI=1S/C14H19N3O/c1-4-9-17-13(15)16-10-14(17,2)11-7-5-6-8-12(11)18-3/h4-8H,1,9-10H2,2-3H3,(H2,15,16). The summed E-state index contributed by atoms with van der Waals surface area (Å²) in [5.41, 5.74) is 6.78. The highest BCUT2D eigenvalue weighted by Gasteiger charge is 2.40. The summed E-state index contributed by atoms with van der Waals surface area (Å²) >= 11 is 0. The molecule has 1 aliphatic rings. The lowest BCUT2D eigenvalue weighted by atomic mass is 9.90. The predicted octanol–water partition coefficient (Wildman–Crippen LogP) is 1.73.